The molecule has 0 aromatic heterocycles. The summed E-state index contributed by atoms with van der Waals surface area (Å²) < 4.78 is 0. The van der Waals surface area contributed by atoms with Gasteiger partial charge in [0, 0.05) is 0 Å². The van der Waals surface area contributed by atoms with Gasteiger partial charge in [-0.2, -0.15) is 12.1 Å². The summed E-state index contributed by atoms with van der Waals surface area (Å²) in [4.78, 5) is 0. The number of aryl methyl sites for hydroxylation is 2. The Balaban J connectivity index is 0.000000284. The average Bonchev–Trinajstić information content (AvgIpc) is 3.94. The molecule has 0 N–H and O–H groups in total. The first-order valence-electron chi connectivity index (χ1n) is 26.3. The van der Waals surface area contributed by atoms with E-state index in [1.165, 1.54) is 125 Å². The van der Waals surface area contributed by atoms with Gasteiger partial charge in [0.25, 0.3) is 0 Å². The van der Waals surface area contributed by atoms with Crippen LogP contribution >= 0.6 is 0 Å². The Morgan fingerprint density at radius 2 is 0.597 bits per heavy atom. The van der Waals surface area contributed by atoms with Crippen LogP contribution in [0.1, 0.15) is 156 Å². The fourth-order valence-corrected chi connectivity index (χ4v) is 9.38. The fourth-order valence-electron chi connectivity index (χ4n) is 9.38. The molecule has 0 saturated carbocycles. The molecule has 0 nitrogen and oxygen atoms in total. The van der Waals surface area contributed by atoms with Crippen molar-refractivity contribution in [3.63, 3.8) is 0 Å². The topological polar surface area (TPSA) is 0 Å². The summed E-state index contributed by atoms with van der Waals surface area (Å²) in [5, 5.41) is 5.51. The number of rotatable bonds is 10. The molecule has 8 rings (SSSR count). The van der Waals surface area contributed by atoms with E-state index in [2.05, 4.69) is 256 Å². The average molecular weight is 1090 g/mol. The molecule has 0 bridgehead atoms. The van der Waals surface area contributed by atoms with Gasteiger partial charge in [0.05, 0.1) is 0 Å². The van der Waals surface area contributed by atoms with Gasteiger partial charge in [-0.1, -0.05) is 277 Å². The van der Waals surface area contributed by atoms with Gasteiger partial charge in [0.1, 0.15) is 0 Å². The number of benzene rings is 6. The molecule has 0 fully saturated rings. The van der Waals surface area contributed by atoms with E-state index < -0.39 is 0 Å². The molecule has 72 heavy (non-hydrogen) atoms. The molecule has 0 atom stereocenters. The Kier molecular flexibility index (Phi) is 21.6. The Labute approximate surface area is 465 Å². The number of unbranched alkanes of at least 4 members (excludes halogenated alkanes) is 2. The third-order valence-corrected chi connectivity index (χ3v) is 13.8. The van der Waals surface area contributed by atoms with Crippen molar-refractivity contribution in [3.8, 4) is 44.5 Å². The van der Waals surface area contributed by atoms with E-state index in [9.17, 15) is 0 Å². The van der Waals surface area contributed by atoms with Crippen molar-refractivity contribution < 1.29 is 48.1 Å². The molecular formula is C68H84Cl2SiZr-2. The van der Waals surface area contributed by atoms with Crippen LogP contribution in [0.15, 0.2) is 146 Å². The minimum atomic E-state index is 0. The maximum atomic E-state index is 2.44. The maximum absolute atomic E-state index is 2.44. The summed E-state index contributed by atoms with van der Waals surface area (Å²) in [7, 11) is 0. The van der Waals surface area contributed by atoms with Crippen LogP contribution in [0.4, 0.5) is 0 Å². The van der Waals surface area contributed by atoms with E-state index >= 15 is 0 Å². The van der Waals surface area contributed by atoms with Gasteiger partial charge in [0.2, 0.25) is 0 Å². The molecule has 0 radical (unpaired) electrons. The summed E-state index contributed by atoms with van der Waals surface area (Å²) in [6, 6.07) is 55.8. The van der Waals surface area contributed by atoms with Crippen LogP contribution in [0.5, 0.6) is 0 Å². The second kappa shape index (κ2) is 25.6. The Bertz CT molecular complexity index is 2580. The largest absolute Gasteiger partial charge is 1.00 e. The van der Waals surface area contributed by atoms with Crippen LogP contribution in [0.25, 0.3) is 66.1 Å². The molecule has 0 aliphatic heterocycles. The standard InChI is InChI=1S/2C33H39.C2H6Si.2ClH.Zr/c2*1-8-9-10-23-21-30-28(24-11-15-26(16-12-24)32(2,3)4)19-20-29(31(30)22-23)25-13-17-27(18-14-25)33(5,6)7;1-3-2;;;/h2*11-22H,8-10H2,1-7H3;1-2H3;2*1H;/q2*-1;;;;+2/p-2. The summed E-state index contributed by atoms with van der Waals surface area (Å²) in [6.07, 6.45) is 7.22. The van der Waals surface area contributed by atoms with Gasteiger partial charge >= 0.3 is 41.9 Å². The van der Waals surface area contributed by atoms with Crippen LogP contribution in [-0.4, -0.2) is 5.43 Å². The molecule has 0 spiro atoms. The van der Waals surface area contributed by atoms with E-state index in [0.717, 1.165) is 12.8 Å². The minimum Gasteiger partial charge on any atom is -1.00 e. The van der Waals surface area contributed by atoms with Gasteiger partial charge in [-0.3, -0.25) is 0 Å². The van der Waals surface area contributed by atoms with Crippen LogP contribution in [-0.2, 0) is 57.8 Å². The zero-order valence-electron chi connectivity index (χ0n) is 46.9. The third kappa shape index (κ3) is 15.6. The first kappa shape index (κ1) is 60.8. The molecule has 8 aromatic rings. The van der Waals surface area contributed by atoms with E-state index in [1.54, 1.807) is 23.3 Å². The predicted molar refractivity (Wildman–Crippen MR) is 310 cm³/mol. The second-order valence-corrected chi connectivity index (χ2v) is 33.6. The monoisotopic (exact) mass is 1090 g/mol. The van der Waals surface area contributed by atoms with Crippen molar-refractivity contribution in [1.29, 1.82) is 0 Å². The molecule has 0 amide bonds. The minimum absolute atomic E-state index is 0. The van der Waals surface area contributed by atoms with Gasteiger partial charge < -0.3 is 24.8 Å². The Morgan fingerprint density at radius 3 is 0.819 bits per heavy atom. The Morgan fingerprint density at radius 1 is 0.375 bits per heavy atom. The van der Waals surface area contributed by atoms with Crippen molar-refractivity contribution in [1.82, 2.24) is 0 Å². The van der Waals surface area contributed by atoms with Crippen LogP contribution in [0.2, 0.25) is 13.1 Å². The molecule has 0 saturated heterocycles. The van der Waals surface area contributed by atoms with Gasteiger partial charge in [-0.15, -0.1) is 44.8 Å². The van der Waals surface area contributed by atoms with Gasteiger partial charge in [-0.25, -0.2) is 0 Å². The molecule has 0 unspecified atom stereocenters. The zero-order chi connectivity index (χ0) is 51.2. The van der Waals surface area contributed by atoms with Gasteiger partial charge in [-0.05, 0) is 67.9 Å². The quantitative estimate of drug-likeness (QED) is 0.0946. The van der Waals surface area contributed by atoms with Crippen LogP contribution in [0, 0.1) is 0 Å². The molecule has 4 heteroatoms. The summed E-state index contributed by atoms with van der Waals surface area (Å²) >= 11 is 1.74. The summed E-state index contributed by atoms with van der Waals surface area (Å²) in [5.41, 5.74) is 19.9. The second-order valence-electron chi connectivity index (χ2n) is 24.2. The predicted octanol–water partition coefficient (Wildman–Crippen LogP) is 14.5. The molecule has 380 valence electrons. The van der Waals surface area contributed by atoms with Crippen LogP contribution < -0.4 is 24.8 Å². The van der Waals surface area contributed by atoms with E-state index in [1.807, 2.05) is 0 Å². The van der Waals surface area contributed by atoms with Crippen molar-refractivity contribution in [3.05, 3.63) is 179 Å². The summed E-state index contributed by atoms with van der Waals surface area (Å²) in [5.74, 6) is 0. The zero-order valence-corrected chi connectivity index (χ0v) is 51.8. The van der Waals surface area contributed by atoms with Crippen molar-refractivity contribution in [2.24, 2.45) is 0 Å². The smallest absolute Gasteiger partial charge is 1.00 e. The summed E-state index contributed by atoms with van der Waals surface area (Å²) in [6.45, 7) is 36.5. The SMILES string of the molecule is CCCCc1cc2c(-c3ccc(C(C)(C)C)cc3)ccc(-c3ccc(C(C)(C)C)cc3)c2[cH-]1.CCCCc1cc2c(-c3ccc(C(C)(C)C)cc3)ccc(-c3ccc(C(C)(C)C)cc3)c2[cH-]1.C[Si](C)=[Zr+2].[Cl-].[Cl-]. The molecule has 0 heterocycles. The first-order valence-corrected chi connectivity index (χ1v) is 32.5. The molecule has 0 aliphatic carbocycles. The van der Waals surface area contributed by atoms with E-state index in [4.69, 9.17) is 0 Å². The normalized spacial score (nSPS) is 11.8. The van der Waals surface area contributed by atoms with E-state index in [-0.39, 0.29) is 51.9 Å². The molecule has 0 aliphatic rings. The molecular weight excluding hydrogens is 1010 g/mol. The van der Waals surface area contributed by atoms with Gasteiger partial charge in [0.15, 0.2) is 0 Å². The van der Waals surface area contributed by atoms with Crippen LogP contribution in [0.3, 0.4) is 0 Å². The number of halogens is 2. The number of hydrogen-bond donors (Lipinski definition) is 0. The fraction of sp³-hybridized carbons (Fsp3) is 0.382. The maximum Gasteiger partial charge on any atom is -1.00 e. The van der Waals surface area contributed by atoms with E-state index in [0.29, 0.717) is 0 Å². The first-order chi connectivity index (χ1) is 32.9. The van der Waals surface area contributed by atoms with Crippen molar-refractivity contribution in [2.75, 3.05) is 0 Å². The van der Waals surface area contributed by atoms with Crippen molar-refractivity contribution >= 4 is 27.0 Å². The molecule has 8 aromatic carbocycles. The third-order valence-electron chi connectivity index (χ3n) is 13.8. The Hall–Kier alpha value is -3.78. The number of fused-ring (bicyclic) bond motifs is 2. The number of hydrogen-bond acceptors (Lipinski definition) is 0. The van der Waals surface area contributed by atoms with Crippen molar-refractivity contribution in [2.45, 2.75) is 170 Å².